The van der Waals surface area contributed by atoms with Crippen molar-refractivity contribution in [2.24, 2.45) is 0 Å². The summed E-state index contributed by atoms with van der Waals surface area (Å²) in [5.41, 5.74) is 0.881. The lowest BCUT2D eigenvalue weighted by atomic mass is 10.2. The second-order valence-corrected chi connectivity index (χ2v) is 6.77. The van der Waals surface area contributed by atoms with Gasteiger partial charge in [-0.1, -0.05) is 35.9 Å². The van der Waals surface area contributed by atoms with Crippen LogP contribution in [0.2, 0.25) is 5.02 Å². The molecule has 0 aliphatic carbocycles. The van der Waals surface area contributed by atoms with E-state index in [2.05, 4.69) is 0 Å². The van der Waals surface area contributed by atoms with Gasteiger partial charge >= 0.3 is 0 Å². The molecule has 0 atom stereocenters. The van der Waals surface area contributed by atoms with Gasteiger partial charge in [0.05, 0.1) is 0 Å². The second kappa shape index (κ2) is 5.82. The first-order chi connectivity index (χ1) is 8.97. The molecule has 0 amide bonds. The molecule has 19 heavy (non-hydrogen) atoms. The molecule has 0 heterocycles. The minimum atomic E-state index is -3.82. The molecule has 0 N–H and O–H groups in total. The summed E-state index contributed by atoms with van der Waals surface area (Å²) in [5, 5.41) is 0.632. The molecule has 0 saturated heterocycles. The first-order valence-corrected chi connectivity index (χ1v) is 8.06. The van der Waals surface area contributed by atoms with Gasteiger partial charge in [0.1, 0.15) is 17.3 Å². The van der Waals surface area contributed by atoms with Gasteiger partial charge in [0.15, 0.2) is 0 Å². The van der Waals surface area contributed by atoms with Crippen LogP contribution < -0.4 is 4.74 Å². The maximum absolute atomic E-state index is 11.4. The predicted molar refractivity (Wildman–Crippen MR) is 75.3 cm³/mol. The van der Waals surface area contributed by atoms with Gasteiger partial charge in [-0.3, -0.25) is 0 Å². The third-order valence-corrected chi connectivity index (χ3v) is 4.03. The van der Waals surface area contributed by atoms with Crippen molar-refractivity contribution in [3.05, 3.63) is 59.1 Å². The highest BCUT2D eigenvalue weighted by molar-refractivity contribution is 8.13. The largest absolute Gasteiger partial charge is 0.487 e. The summed E-state index contributed by atoms with van der Waals surface area (Å²) in [5.74, 6) is 0.229. The van der Waals surface area contributed by atoms with Crippen LogP contribution >= 0.6 is 22.3 Å². The van der Waals surface area contributed by atoms with Gasteiger partial charge in [-0.25, -0.2) is 8.42 Å². The van der Waals surface area contributed by atoms with Gasteiger partial charge in [-0.05, 0) is 29.8 Å². The number of para-hydroxylation sites is 1. The molecule has 0 aliphatic rings. The highest BCUT2D eigenvalue weighted by Gasteiger charge is 2.15. The van der Waals surface area contributed by atoms with Crippen LogP contribution in [0.25, 0.3) is 0 Å². The summed E-state index contributed by atoms with van der Waals surface area (Å²) in [6.07, 6.45) is 0. The summed E-state index contributed by atoms with van der Waals surface area (Å²) in [4.78, 5) is -0.0365. The smallest absolute Gasteiger partial charge is 0.264 e. The minimum absolute atomic E-state index is 0.0365. The topological polar surface area (TPSA) is 43.4 Å². The van der Waals surface area contributed by atoms with E-state index in [0.29, 0.717) is 5.02 Å². The number of hydrogen-bond donors (Lipinski definition) is 0. The molecular formula is C13H10Cl2O3S. The van der Waals surface area contributed by atoms with E-state index in [-0.39, 0.29) is 17.3 Å². The molecule has 6 heteroatoms. The van der Waals surface area contributed by atoms with Crippen molar-refractivity contribution in [1.29, 1.82) is 0 Å². The predicted octanol–water partition coefficient (Wildman–Crippen LogP) is 3.85. The fraction of sp³-hybridized carbons (Fsp3) is 0.0769. The van der Waals surface area contributed by atoms with Crippen molar-refractivity contribution < 1.29 is 13.2 Å². The van der Waals surface area contributed by atoms with Gasteiger partial charge in [-0.2, -0.15) is 0 Å². The van der Waals surface area contributed by atoms with Crippen LogP contribution in [0.4, 0.5) is 0 Å². The zero-order valence-electron chi connectivity index (χ0n) is 9.71. The molecule has 0 radical (unpaired) electrons. The summed E-state index contributed by atoms with van der Waals surface area (Å²) in [6, 6.07) is 13.3. The van der Waals surface area contributed by atoms with Crippen molar-refractivity contribution in [3.8, 4) is 5.75 Å². The Morgan fingerprint density at radius 1 is 1.00 bits per heavy atom. The van der Waals surface area contributed by atoms with E-state index in [1.54, 1.807) is 42.5 Å². The molecule has 0 fully saturated rings. The summed E-state index contributed by atoms with van der Waals surface area (Å²) in [7, 11) is 1.52. The average Bonchev–Trinajstić information content (AvgIpc) is 2.37. The van der Waals surface area contributed by atoms with Crippen LogP contribution in [-0.4, -0.2) is 8.42 Å². The van der Waals surface area contributed by atoms with Gasteiger partial charge < -0.3 is 4.74 Å². The summed E-state index contributed by atoms with van der Waals surface area (Å²) < 4.78 is 28.2. The highest BCUT2D eigenvalue weighted by atomic mass is 35.7. The molecule has 3 nitrogen and oxygen atoms in total. The molecule has 2 aromatic rings. The zero-order valence-corrected chi connectivity index (χ0v) is 12.0. The van der Waals surface area contributed by atoms with Crippen molar-refractivity contribution >= 4 is 31.3 Å². The molecule has 0 aliphatic heterocycles. The first-order valence-electron chi connectivity index (χ1n) is 5.38. The molecular weight excluding hydrogens is 307 g/mol. The molecule has 0 aromatic heterocycles. The van der Waals surface area contributed by atoms with Gasteiger partial charge in [-0.15, -0.1) is 0 Å². The normalized spacial score (nSPS) is 11.3. The van der Waals surface area contributed by atoms with E-state index in [1.165, 1.54) is 6.07 Å². The molecule has 0 spiro atoms. The Balaban J connectivity index is 2.18. The maximum atomic E-state index is 11.4. The Bertz CT molecular complexity index is 667. The van der Waals surface area contributed by atoms with Crippen LogP contribution in [-0.2, 0) is 15.7 Å². The van der Waals surface area contributed by atoms with Crippen LogP contribution in [0.1, 0.15) is 5.56 Å². The van der Waals surface area contributed by atoms with E-state index < -0.39 is 9.05 Å². The van der Waals surface area contributed by atoms with E-state index in [4.69, 9.17) is 27.0 Å². The SMILES string of the molecule is O=S(=O)(Cl)c1ccccc1OCc1ccc(Cl)cc1. The lowest BCUT2D eigenvalue weighted by molar-refractivity contribution is 0.298. The Labute approximate surface area is 121 Å². The third kappa shape index (κ3) is 3.86. The van der Waals surface area contributed by atoms with Crippen LogP contribution in [0, 0.1) is 0 Å². The maximum Gasteiger partial charge on any atom is 0.264 e. The Kier molecular flexibility index (Phi) is 4.34. The fourth-order valence-corrected chi connectivity index (χ4v) is 2.63. The number of benzene rings is 2. The van der Waals surface area contributed by atoms with Gasteiger partial charge in [0.25, 0.3) is 9.05 Å². The number of ether oxygens (including phenoxy) is 1. The van der Waals surface area contributed by atoms with Gasteiger partial charge in [0, 0.05) is 15.7 Å². The van der Waals surface area contributed by atoms with Crippen molar-refractivity contribution in [2.45, 2.75) is 11.5 Å². The van der Waals surface area contributed by atoms with Crippen LogP contribution in [0.3, 0.4) is 0 Å². The fourth-order valence-electron chi connectivity index (χ4n) is 1.51. The van der Waals surface area contributed by atoms with Crippen molar-refractivity contribution in [2.75, 3.05) is 0 Å². The molecule has 0 unspecified atom stereocenters. The summed E-state index contributed by atoms with van der Waals surface area (Å²) in [6.45, 7) is 0.237. The van der Waals surface area contributed by atoms with E-state index in [0.717, 1.165) is 5.56 Å². The van der Waals surface area contributed by atoms with Crippen LogP contribution in [0.15, 0.2) is 53.4 Å². The Morgan fingerprint density at radius 3 is 2.26 bits per heavy atom. The highest BCUT2D eigenvalue weighted by Crippen LogP contribution is 2.27. The Morgan fingerprint density at radius 2 is 1.63 bits per heavy atom. The molecule has 100 valence electrons. The first kappa shape index (κ1) is 14.2. The van der Waals surface area contributed by atoms with Crippen LogP contribution in [0.5, 0.6) is 5.75 Å². The Hall–Kier alpha value is -1.23. The van der Waals surface area contributed by atoms with Gasteiger partial charge in [0.2, 0.25) is 0 Å². The number of hydrogen-bond acceptors (Lipinski definition) is 3. The quantitative estimate of drug-likeness (QED) is 0.805. The van der Waals surface area contributed by atoms with E-state index in [9.17, 15) is 8.42 Å². The monoisotopic (exact) mass is 316 g/mol. The number of rotatable bonds is 4. The lowest BCUT2D eigenvalue weighted by Gasteiger charge is -2.09. The molecule has 0 saturated carbocycles. The molecule has 2 rings (SSSR count). The molecule has 2 aromatic carbocycles. The second-order valence-electron chi connectivity index (χ2n) is 3.80. The number of halogens is 2. The third-order valence-electron chi connectivity index (χ3n) is 2.42. The van der Waals surface area contributed by atoms with E-state index in [1.807, 2.05) is 0 Å². The summed E-state index contributed by atoms with van der Waals surface area (Å²) >= 11 is 5.78. The molecule has 0 bridgehead atoms. The zero-order chi connectivity index (χ0) is 13.9. The minimum Gasteiger partial charge on any atom is -0.487 e. The average molecular weight is 317 g/mol. The lowest BCUT2D eigenvalue weighted by Crippen LogP contribution is -2.00. The van der Waals surface area contributed by atoms with E-state index >= 15 is 0 Å². The van der Waals surface area contributed by atoms with Crippen molar-refractivity contribution in [3.63, 3.8) is 0 Å². The van der Waals surface area contributed by atoms with Crippen molar-refractivity contribution in [1.82, 2.24) is 0 Å². The standard InChI is InChI=1S/C13H10Cl2O3S/c14-11-7-5-10(6-8-11)9-18-12-3-1-2-4-13(12)19(15,16)17/h1-8H,9H2.